The van der Waals surface area contributed by atoms with E-state index >= 15 is 0 Å². The molecule has 3 rings (SSSR count). The molecule has 1 amide bonds. The highest BCUT2D eigenvalue weighted by atomic mass is 19.1. The Kier molecular flexibility index (Phi) is 3.31. The highest BCUT2D eigenvalue weighted by Crippen LogP contribution is 2.21. The number of nitrogens with zero attached hydrogens (tertiary/aromatic N) is 1. The van der Waals surface area contributed by atoms with E-state index in [0.717, 1.165) is 12.1 Å². The quantitative estimate of drug-likeness (QED) is 0.778. The van der Waals surface area contributed by atoms with Gasteiger partial charge in [-0.15, -0.1) is 0 Å². The van der Waals surface area contributed by atoms with Gasteiger partial charge in [0, 0.05) is 11.6 Å². The van der Waals surface area contributed by atoms with Gasteiger partial charge in [-0.05, 0) is 24.3 Å². The Morgan fingerprint density at radius 3 is 2.43 bits per heavy atom. The molecule has 3 nitrogen and oxygen atoms in total. The van der Waals surface area contributed by atoms with Gasteiger partial charge in [0.05, 0.1) is 11.1 Å². The molecule has 1 N–H and O–H groups in total. The number of nitrogens with one attached hydrogen (secondary N) is 1. The molecule has 0 saturated carbocycles. The maximum atomic E-state index is 13.6. The van der Waals surface area contributed by atoms with Crippen LogP contribution in [0.25, 0.3) is 10.9 Å². The third kappa shape index (κ3) is 2.45. The fourth-order valence-corrected chi connectivity index (χ4v) is 2.09. The summed E-state index contributed by atoms with van der Waals surface area (Å²) in [7, 11) is 0. The van der Waals surface area contributed by atoms with E-state index in [1.165, 1.54) is 18.3 Å². The lowest BCUT2D eigenvalue weighted by molar-refractivity contribution is 0.102. The van der Waals surface area contributed by atoms with Crippen LogP contribution in [0.3, 0.4) is 0 Å². The molecule has 1 aromatic heterocycles. The van der Waals surface area contributed by atoms with Crippen LogP contribution in [0.1, 0.15) is 10.4 Å². The summed E-state index contributed by atoms with van der Waals surface area (Å²) in [5.41, 5.74) is 0.491. The summed E-state index contributed by atoms with van der Waals surface area (Å²) in [5, 5.41) is 2.89. The van der Waals surface area contributed by atoms with E-state index in [2.05, 4.69) is 10.3 Å². The first-order valence-electron chi connectivity index (χ1n) is 6.26. The molecular weight excluding hydrogens is 274 g/mol. The van der Waals surface area contributed by atoms with Gasteiger partial charge in [-0.2, -0.15) is 0 Å². The second-order valence-electron chi connectivity index (χ2n) is 4.43. The first-order chi connectivity index (χ1) is 10.2. The number of hydrogen-bond donors (Lipinski definition) is 1. The van der Waals surface area contributed by atoms with Gasteiger partial charge in [0.2, 0.25) is 0 Å². The monoisotopic (exact) mass is 284 g/mol. The lowest BCUT2D eigenvalue weighted by Gasteiger charge is -2.09. The lowest BCUT2D eigenvalue weighted by Crippen LogP contribution is -2.14. The molecule has 0 bridgehead atoms. The Hall–Kier alpha value is -2.82. The minimum absolute atomic E-state index is 0.309. The first-order valence-corrected chi connectivity index (χ1v) is 6.26. The Bertz CT molecular complexity index is 808. The predicted molar refractivity (Wildman–Crippen MR) is 76.1 cm³/mol. The van der Waals surface area contributed by atoms with Crippen LogP contribution in [0.5, 0.6) is 0 Å². The average molecular weight is 284 g/mol. The Balaban J connectivity index is 2.02. The Morgan fingerprint density at radius 1 is 0.952 bits per heavy atom. The number of rotatable bonds is 2. The number of fused-ring (bicyclic) bond motifs is 1. The summed E-state index contributed by atoms with van der Waals surface area (Å²) in [6.45, 7) is 0. The van der Waals surface area contributed by atoms with Crippen LogP contribution in [0.2, 0.25) is 0 Å². The molecule has 0 fully saturated rings. The van der Waals surface area contributed by atoms with Crippen LogP contribution >= 0.6 is 0 Å². The number of pyridine rings is 1. The minimum atomic E-state index is -0.818. The zero-order valence-electron chi connectivity index (χ0n) is 10.8. The summed E-state index contributed by atoms with van der Waals surface area (Å²) >= 11 is 0. The molecular formula is C16H10F2N2O. The van der Waals surface area contributed by atoms with Gasteiger partial charge in [-0.25, -0.2) is 8.78 Å². The van der Waals surface area contributed by atoms with E-state index < -0.39 is 23.2 Å². The molecule has 2 aromatic carbocycles. The van der Waals surface area contributed by atoms with E-state index in [-0.39, 0.29) is 0 Å². The molecule has 0 aliphatic heterocycles. The van der Waals surface area contributed by atoms with Crippen molar-refractivity contribution in [1.29, 1.82) is 0 Å². The lowest BCUT2D eigenvalue weighted by atomic mass is 10.1. The van der Waals surface area contributed by atoms with Crippen molar-refractivity contribution in [2.45, 2.75) is 0 Å². The van der Waals surface area contributed by atoms with Gasteiger partial charge in [-0.3, -0.25) is 9.78 Å². The number of carbonyl (C=O) groups excluding carboxylic acids is 1. The van der Waals surface area contributed by atoms with Crippen LogP contribution in [-0.4, -0.2) is 10.9 Å². The number of carbonyl (C=O) groups is 1. The second-order valence-corrected chi connectivity index (χ2v) is 4.43. The fourth-order valence-electron chi connectivity index (χ4n) is 2.09. The third-order valence-corrected chi connectivity index (χ3v) is 3.09. The molecule has 0 radical (unpaired) electrons. The number of amides is 1. The van der Waals surface area contributed by atoms with E-state index in [9.17, 15) is 13.6 Å². The van der Waals surface area contributed by atoms with E-state index in [1.807, 2.05) is 0 Å². The predicted octanol–water partition coefficient (Wildman–Crippen LogP) is 3.77. The number of para-hydroxylation sites is 2. The Morgan fingerprint density at radius 2 is 1.67 bits per heavy atom. The second kappa shape index (κ2) is 5.28. The summed E-state index contributed by atoms with van der Waals surface area (Å²) in [6, 6.07) is 12.0. The number of halogens is 2. The molecule has 0 atom stereocenters. The number of benzene rings is 2. The van der Waals surface area contributed by atoms with E-state index in [1.54, 1.807) is 24.3 Å². The van der Waals surface area contributed by atoms with Gasteiger partial charge in [-0.1, -0.05) is 24.3 Å². The van der Waals surface area contributed by atoms with Gasteiger partial charge >= 0.3 is 0 Å². The molecule has 5 heteroatoms. The highest BCUT2D eigenvalue weighted by Gasteiger charge is 2.15. The SMILES string of the molecule is O=C(Nc1c(F)cccc1F)c1ccnc2ccccc12. The number of anilines is 1. The molecule has 0 aliphatic carbocycles. The van der Waals surface area contributed by atoms with Gasteiger partial charge in [0.1, 0.15) is 17.3 Å². The van der Waals surface area contributed by atoms with Gasteiger partial charge < -0.3 is 5.32 Å². The van der Waals surface area contributed by atoms with Crippen molar-refractivity contribution < 1.29 is 13.6 Å². The van der Waals surface area contributed by atoms with Crippen LogP contribution in [0, 0.1) is 11.6 Å². The largest absolute Gasteiger partial charge is 0.317 e. The topological polar surface area (TPSA) is 42.0 Å². The zero-order valence-corrected chi connectivity index (χ0v) is 10.8. The maximum Gasteiger partial charge on any atom is 0.256 e. The van der Waals surface area contributed by atoms with E-state index in [4.69, 9.17) is 0 Å². The smallest absolute Gasteiger partial charge is 0.256 e. The normalized spacial score (nSPS) is 10.6. The number of aromatic nitrogens is 1. The van der Waals surface area contributed by atoms with Gasteiger partial charge in [0.25, 0.3) is 5.91 Å². The molecule has 1 heterocycles. The highest BCUT2D eigenvalue weighted by molar-refractivity contribution is 6.12. The van der Waals surface area contributed by atoms with Crippen molar-refractivity contribution >= 4 is 22.5 Å². The van der Waals surface area contributed by atoms with Gasteiger partial charge in [0.15, 0.2) is 0 Å². The van der Waals surface area contributed by atoms with Crippen molar-refractivity contribution in [1.82, 2.24) is 4.98 Å². The van der Waals surface area contributed by atoms with Crippen LogP contribution < -0.4 is 5.32 Å². The summed E-state index contributed by atoms with van der Waals surface area (Å²) < 4.78 is 27.1. The third-order valence-electron chi connectivity index (χ3n) is 3.09. The standard InChI is InChI=1S/C16H10F2N2O/c17-12-5-3-6-13(18)15(12)20-16(21)11-8-9-19-14-7-2-1-4-10(11)14/h1-9H,(H,20,21). The van der Waals surface area contributed by atoms with Crippen LogP contribution in [-0.2, 0) is 0 Å². The van der Waals surface area contributed by atoms with Crippen molar-refractivity contribution in [3.05, 3.63) is 71.9 Å². The molecule has 0 saturated heterocycles. The number of hydrogen-bond acceptors (Lipinski definition) is 2. The molecule has 21 heavy (non-hydrogen) atoms. The first kappa shape index (κ1) is 13.2. The summed E-state index contributed by atoms with van der Waals surface area (Å²) in [4.78, 5) is 16.4. The van der Waals surface area contributed by atoms with Crippen molar-refractivity contribution in [2.75, 3.05) is 5.32 Å². The van der Waals surface area contributed by atoms with Crippen molar-refractivity contribution in [2.24, 2.45) is 0 Å². The molecule has 0 spiro atoms. The maximum absolute atomic E-state index is 13.6. The molecule has 0 unspecified atom stereocenters. The fraction of sp³-hybridized carbons (Fsp3) is 0. The molecule has 0 aliphatic rings. The van der Waals surface area contributed by atoms with Crippen molar-refractivity contribution in [3.63, 3.8) is 0 Å². The van der Waals surface area contributed by atoms with Crippen LogP contribution in [0.4, 0.5) is 14.5 Å². The molecule has 104 valence electrons. The average Bonchev–Trinajstić information content (AvgIpc) is 2.50. The summed E-state index contributed by atoms with van der Waals surface area (Å²) in [6.07, 6.45) is 1.48. The zero-order chi connectivity index (χ0) is 14.8. The van der Waals surface area contributed by atoms with E-state index in [0.29, 0.717) is 16.5 Å². The summed E-state index contributed by atoms with van der Waals surface area (Å²) in [5.74, 6) is -2.22. The van der Waals surface area contributed by atoms with Crippen LogP contribution in [0.15, 0.2) is 54.7 Å². The van der Waals surface area contributed by atoms with Crippen molar-refractivity contribution in [3.8, 4) is 0 Å². The minimum Gasteiger partial charge on any atom is -0.317 e. The molecule has 3 aromatic rings. The Labute approximate surface area is 119 Å².